The van der Waals surface area contributed by atoms with Gasteiger partial charge in [0.1, 0.15) is 34.5 Å². The summed E-state index contributed by atoms with van der Waals surface area (Å²) in [5.41, 5.74) is 11.0. The molecule has 0 aliphatic heterocycles. The van der Waals surface area contributed by atoms with Crippen molar-refractivity contribution in [3.63, 3.8) is 0 Å². The van der Waals surface area contributed by atoms with E-state index in [0.29, 0.717) is 5.56 Å². The molecule has 1 heterocycles. The molecule has 2 aromatic carbocycles. The van der Waals surface area contributed by atoms with Crippen LogP contribution in [0.3, 0.4) is 0 Å². The fourth-order valence-corrected chi connectivity index (χ4v) is 3.99. The smallest absolute Gasteiger partial charge is 0.204 e. The van der Waals surface area contributed by atoms with E-state index < -0.39 is 5.43 Å². The van der Waals surface area contributed by atoms with E-state index >= 15 is 0 Å². The average Bonchev–Trinajstić information content (AvgIpc) is 2.66. The van der Waals surface area contributed by atoms with Crippen LogP contribution in [-0.2, 0) is 0 Å². The number of phenolic OH excluding ortho intramolecular Hbond substituents is 3. The number of phenols is 3. The molecule has 0 amide bonds. The fraction of sp³-hybridized carbons (Fsp3) is 0.211. The molecule has 7 N–H and O–H groups in total. The van der Waals surface area contributed by atoms with Crippen molar-refractivity contribution < 1.29 is 19.7 Å². The molecule has 28 heavy (non-hydrogen) atoms. The fourth-order valence-electron chi connectivity index (χ4n) is 2.27. The van der Waals surface area contributed by atoms with Crippen LogP contribution in [0.4, 0.5) is 0 Å². The minimum atomic E-state index is -0.408. The van der Waals surface area contributed by atoms with Crippen LogP contribution in [0, 0.1) is 0 Å². The third kappa shape index (κ3) is 5.83. The van der Waals surface area contributed by atoms with Crippen molar-refractivity contribution in [2.75, 3.05) is 24.6 Å². The second-order valence-corrected chi connectivity index (χ2v) is 8.29. The molecule has 150 valence electrons. The lowest BCUT2D eigenvalue weighted by atomic mass is 10.0. The van der Waals surface area contributed by atoms with Gasteiger partial charge in [0.15, 0.2) is 0 Å². The second-order valence-electron chi connectivity index (χ2n) is 5.58. The van der Waals surface area contributed by atoms with Crippen molar-refractivity contribution in [1.82, 2.24) is 0 Å². The largest absolute Gasteiger partial charge is 0.508 e. The Balaban J connectivity index is 0.000000300. The van der Waals surface area contributed by atoms with Crippen molar-refractivity contribution in [2.45, 2.75) is 0 Å². The summed E-state index contributed by atoms with van der Waals surface area (Å²) in [5, 5.41) is 28.4. The molecule has 0 fully saturated rings. The van der Waals surface area contributed by atoms with Crippen molar-refractivity contribution in [1.29, 1.82) is 0 Å². The SMILES string of the molecule is NCCSSCCN.O=c1c(-c2ccc(O)cc2)coc2cc(O)cc(O)c12. The molecule has 7 nitrogen and oxygen atoms in total. The minimum absolute atomic E-state index is 0.00775. The van der Waals surface area contributed by atoms with Gasteiger partial charge in [-0.3, -0.25) is 4.79 Å². The van der Waals surface area contributed by atoms with Crippen LogP contribution in [0.2, 0.25) is 0 Å². The van der Waals surface area contributed by atoms with Crippen LogP contribution in [0.25, 0.3) is 22.1 Å². The lowest BCUT2D eigenvalue weighted by Gasteiger charge is -2.05. The highest BCUT2D eigenvalue weighted by atomic mass is 33.1. The second kappa shape index (κ2) is 10.9. The molecular weight excluding hydrogens is 400 g/mol. The Kier molecular flexibility index (Phi) is 8.52. The number of nitrogens with two attached hydrogens (primary N) is 2. The lowest BCUT2D eigenvalue weighted by molar-refractivity contribution is 0.452. The van der Waals surface area contributed by atoms with Crippen molar-refractivity contribution >= 4 is 32.6 Å². The predicted octanol–water partition coefficient (Wildman–Crippen LogP) is 2.86. The molecule has 1 aromatic heterocycles. The first kappa shape index (κ1) is 22.0. The topological polar surface area (TPSA) is 143 Å². The first-order valence-electron chi connectivity index (χ1n) is 8.39. The van der Waals surface area contributed by atoms with Gasteiger partial charge in [-0.05, 0) is 17.7 Å². The maximum Gasteiger partial charge on any atom is 0.204 e. The standard InChI is InChI=1S/C15H10O5.C4H12N2S2/c16-9-3-1-8(2-4-9)11-7-20-13-6-10(17)5-12(18)14(13)15(11)19;5-1-3-7-8-4-2-6/h1-7,16-18H;1-6H2. The summed E-state index contributed by atoms with van der Waals surface area (Å²) in [5.74, 6) is 1.63. The zero-order chi connectivity index (χ0) is 20.5. The number of hydrogen-bond donors (Lipinski definition) is 5. The van der Waals surface area contributed by atoms with Crippen LogP contribution in [0.5, 0.6) is 17.2 Å². The molecule has 0 aliphatic carbocycles. The van der Waals surface area contributed by atoms with Gasteiger partial charge in [0.2, 0.25) is 5.43 Å². The van der Waals surface area contributed by atoms with Crippen LogP contribution in [0.1, 0.15) is 0 Å². The highest BCUT2D eigenvalue weighted by Crippen LogP contribution is 2.29. The molecule has 0 aliphatic rings. The van der Waals surface area contributed by atoms with Crippen LogP contribution < -0.4 is 16.9 Å². The zero-order valence-corrected chi connectivity index (χ0v) is 16.6. The van der Waals surface area contributed by atoms with Gasteiger partial charge in [0.25, 0.3) is 0 Å². The maximum absolute atomic E-state index is 12.4. The van der Waals surface area contributed by atoms with E-state index in [-0.39, 0.29) is 33.8 Å². The number of rotatable bonds is 6. The Morgan fingerprint density at radius 2 is 1.50 bits per heavy atom. The molecule has 0 atom stereocenters. The number of hydrogen-bond acceptors (Lipinski definition) is 9. The van der Waals surface area contributed by atoms with Crippen molar-refractivity contribution in [3.05, 3.63) is 52.9 Å². The van der Waals surface area contributed by atoms with E-state index in [1.165, 1.54) is 24.5 Å². The number of aromatic hydroxyl groups is 3. The number of fused-ring (bicyclic) bond motifs is 1. The Hall–Kier alpha value is -2.33. The van der Waals surface area contributed by atoms with E-state index in [2.05, 4.69) is 0 Å². The van der Waals surface area contributed by atoms with E-state index in [9.17, 15) is 20.1 Å². The first-order valence-corrected chi connectivity index (χ1v) is 10.9. The minimum Gasteiger partial charge on any atom is -0.508 e. The van der Waals surface area contributed by atoms with Crippen LogP contribution in [0.15, 0.2) is 51.9 Å². The van der Waals surface area contributed by atoms with E-state index in [1.54, 1.807) is 33.7 Å². The Morgan fingerprint density at radius 1 is 0.893 bits per heavy atom. The van der Waals surface area contributed by atoms with Gasteiger partial charge in [-0.25, -0.2) is 0 Å². The van der Waals surface area contributed by atoms with Crippen LogP contribution >= 0.6 is 21.6 Å². The summed E-state index contributed by atoms with van der Waals surface area (Å²) >= 11 is 0. The molecule has 0 saturated carbocycles. The van der Waals surface area contributed by atoms with Gasteiger partial charge in [0.05, 0.1) is 5.56 Å². The molecule has 0 spiro atoms. The highest BCUT2D eigenvalue weighted by molar-refractivity contribution is 8.76. The molecule has 3 aromatic rings. The van der Waals surface area contributed by atoms with Gasteiger partial charge < -0.3 is 31.2 Å². The molecule has 0 unspecified atom stereocenters. The van der Waals surface area contributed by atoms with Gasteiger partial charge in [-0.2, -0.15) is 0 Å². The summed E-state index contributed by atoms with van der Waals surface area (Å²) in [6, 6.07) is 8.40. The molecule has 0 radical (unpaired) electrons. The van der Waals surface area contributed by atoms with Gasteiger partial charge in [0, 0.05) is 36.7 Å². The van der Waals surface area contributed by atoms with E-state index in [1.807, 2.05) is 0 Å². The molecular formula is C19H22N2O5S2. The highest BCUT2D eigenvalue weighted by Gasteiger charge is 2.13. The predicted molar refractivity (Wildman–Crippen MR) is 116 cm³/mol. The molecule has 0 bridgehead atoms. The van der Waals surface area contributed by atoms with Gasteiger partial charge in [-0.1, -0.05) is 33.7 Å². The molecule has 0 saturated heterocycles. The third-order valence-electron chi connectivity index (χ3n) is 3.51. The van der Waals surface area contributed by atoms with Gasteiger partial charge in [-0.15, -0.1) is 0 Å². The third-order valence-corrected chi connectivity index (χ3v) is 5.98. The quantitative estimate of drug-likeness (QED) is 0.299. The summed E-state index contributed by atoms with van der Waals surface area (Å²) in [6.07, 6.45) is 1.26. The monoisotopic (exact) mass is 422 g/mol. The Bertz CT molecular complexity index is 955. The Labute approximate surface area is 169 Å². The summed E-state index contributed by atoms with van der Waals surface area (Å²) in [6.45, 7) is 1.53. The van der Waals surface area contributed by atoms with Crippen LogP contribution in [-0.4, -0.2) is 39.9 Å². The summed E-state index contributed by atoms with van der Waals surface area (Å²) < 4.78 is 5.29. The lowest BCUT2D eigenvalue weighted by Crippen LogP contribution is -2.04. The first-order chi connectivity index (χ1) is 13.5. The number of benzene rings is 2. The normalized spacial score (nSPS) is 10.5. The molecule has 3 rings (SSSR count). The van der Waals surface area contributed by atoms with E-state index in [4.69, 9.17) is 15.9 Å². The molecule has 9 heteroatoms. The summed E-state index contributed by atoms with van der Waals surface area (Å²) in [4.78, 5) is 12.4. The van der Waals surface area contributed by atoms with E-state index in [0.717, 1.165) is 30.7 Å². The summed E-state index contributed by atoms with van der Waals surface area (Å²) in [7, 11) is 3.58. The Morgan fingerprint density at radius 3 is 2.07 bits per heavy atom. The average molecular weight is 423 g/mol. The van der Waals surface area contributed by atoms with Gasteiger partial charge >= 0.3 is 0 Å². The van der Waals surface area contributed by atoms with Crippen molar-refractivity contribution in [3.8, 4) is 28.4 Å². The van der Waals surface area contributed by atoms with Crippen molar-refractivity contribution in [2.24, 2.45) is 11.5 Å². The zero-order valence-electron chi connectivity index (χ0n) is 15.0. The maximum atomic E-state index is 12.4.